The van der Waals surface area contributed by atoms with Gasteiger partial charge < -0.3 is 15.3 Å². The van der Waals surface area contributed by atoms with Crippen molar-refractivity contribution in [2.24, 2.45) is 0 Å². The van der Waals surface area contributed by atoms with Crippen LogP contribution in [0.4, 0.5) is 0 Å². The Kier molecular flexibility index (Phi) is 4.93. The Morgan fingerprint density at radius 1 is 1.36 bits per heavy atom. The number of β-amino-alcohol motifs (C(OH)–C–C–N with tert-alkyl or cyclic N) is 1. The highest BCUT2D eigenvalue weighted by molar-refractivity contribution is 5.86. The maximum atomic E-state index is 12.7. The molecule has 2 rings (SSSR count). The molecule has 0 radical (unpaired) electrons. The number of nitrogens with zero attached hydrogens (tertiary/aromatic N) is 1. The van der Waals surface area contributed by atoms with E-state index in [-0.39, 0.29) is 11.4 Å². The summed E-state index contributed by atoms with van der Waals surface area (Å²) in [5, 5.41) is 14.0. The third-order valence-electron chi connectivity index (χ3n) is 4.07. The topological polar surface area (TPSA) is 52.6 Å². The van der Waals surface area contributed by atoms with Crippen LogP contribution in [0.5, 0.6) is 0 Å². The van der Waals surface area contributed by atoms with Crippen LogP contribution in [0.1, 0.15) is 44.7 Å². The number of benzene rings is 1. The zero-order valence-electron chi connectivity index (χ0n) is 14.1. The Bertz CT molecular complexity index is 536. The predicted molar refractivity (Wildman–Crippen MR) is 88.5 cm³/mol. The van der Waals surface area contributed by atoms with Crippen molar-refractivity contribution in [3.05, 3.63) is 35.4 Å². The molecule has 1 amide bonds. The molecule has 0 aromatic heterocycles. The van der Waals surface area contributed by atoms with Gasteiger partial charge in [-0.1, -0.05) is 29.8 Å². The second-order valence-corrected chi connectivity index (χ2v) is 7.45. The molecule has 1 aromatic carbocycles. The van der Waals surface area contributed by atoms with Gasteiger partial charge in [-0.15, -0.1) is 0 Å². The molecule has 0 spiro atoms. The molecular weight excluding hydrogens is 276 g/mol. The second kappa shape index (κ2) is 6.39. The average Bonchev–Trinajstić information content (AvgIpc) is 2.42. The van der Waals surface area contributed by atoms with Crippen LogP contribution in [-0.2, 0) is 11.3 Å². The highest BCUT2D eigenvalue weighted by Gasteiger charge is 2.42. The van der Waals surface area contributed by atoms with Crippen molar-refractivity contribution in [2.75, 3.05) is 13.1 Å². The number of nitrogens with one attached hydrogen (secondary N) is 1. The molecular formula is C18H28N2O2. The van der Waals surface area contributed by atoms with Crippen molar-refractivity contribution < 1.29 is 9.90 Å². The van der Waals surface area contributed by atoms with Gasteiger partial charge in [0.1, 0.15) is 0 Å². The quantitative estimate of drug-likeness (QED) is 0.897. The number of piperidine rings is 1. The van der Waals surface area contributed by atoms with E-state index in [0.29, 0.717) is 26.1 Å². The maximum absolute atomic E-state index is 12.7. The fourth-order valence-corrected chi connectivity index (χ4v) is 2.82. The Hall–Kier alpha value is -1.39. The first-order chi connectivity index (χ1) is 10.2. The molecule has 1 atom stereocenters. The van der Waals surface area contributed by atoms with Gasteiger partial charge in [0.2, 0.25) is 0 Å². The van der Waals surface area contributed by atoms with E-state index in [1.165, 1.54) is 5.56 Å². The Balaban J connectivity index is 2.06. The zero-order valence-corrected chi connectivity index (χ0v) is 14.1. The standard InChI is InChI=1S/C18H28N2O2/c1-14-7-5-8-15(11-14)12-20-10-6-9-18(22,16(20)21)13-19-17(2,3)4/h5,7-8,11,19,22H,6,9-10,12-13H2,1-4H3/t18-/m0/s1. The van der Waals surface area contributed by atoms with Crippen molar-refractivity contribution >= 4 is 5.91 Å². The number of aryl methyl sites for hydroxylation is 1. The normalized spacial score (nSPS) is 23.0. The summed E-state index contributed by atoms with van der Waals surface area (Å²) in [7, 11) is 0. The van der Waals surface area contributed by atoms with Crippen molar-refractivity contribution in [1.29, 1.82) is 0 Å². The monoisotopic (exact) mass is 304 g/mol. The molecule has 1 fully saturated rings. The van der Waals surface area contributed by atoms with E-state index in [1.54, 1.807) is 4.90 Å². The molecule has 1 aliphatic rings. The first-order valence-electron chi connectivity index (χ1n) is 8.02. The lowest BCUT2D eigenvalue weighted by atomic mass is 9.90. The molecule has 0 unspecified atom stereocenters. The molecule has 4 nitrogen and oxygen atoms in total. The number of rotatable bonds is 4. The number of hydrogen-bond donors (Lipinski definition) is 2. The molecule has 1 heterocycles. The van der Waals surface area contributed by atoms with Crippen LogP contribution in [0.25, 0.3) is 0 Å². The van der Waals surface area contributed by atoms with Crippen molar-refractivity contribution in [3.63, 3.8) is 0 Å². The van der Waals surface area contributed by atoms with Gasteiger partial charge in [-0.2, -0.15) is 0 Å². The van der Waals surface area contributed by atoms with Crippen LogP contribution < -0.4 is 5.32 Å². The van der Waals surface area contributed by atoms with E-state index in [0.717, 1.165) is 12.0 Å². The molecule has 0 aliphatic carbocycles. The van der Waals surface area contributed by atoms with Crippen LogP contribution in [0.2, 0.25) is 0 Å². The molecule has 1 aliphatic heterocycles. The summed E-state index contributed by atoms with van der Waals surface area (Å²) < 4.78 is 0. The Labute approximate surface area is 133 Å². The van der Waals surface area contributed by atoms with Crippen molar-refractivity contribution in [3.8, 4) is 0 Å². The van der Waals surface area contributed by atoms with Gasteiger partial charge in [0.05, 0.1) is 0 Å². The Morgan fingerprint density at radius 3 is 2.73 bits per heavy atom. The van der Waals surface area contributed by atoms with E-state index < -0.39 is 5.60 Å². The molecule has 0 saturated carbocycles. The summed E-state index contributed by atoms with van der Waals surface area (Å²) >= 11 is 0. The molecule has 1 saturated heterocycles. The van der Waals surface area contributed by atoms with Crippen molar-refractivity contribution in [2.45, 2.75) is 58.2 Å². The van der Waals surface area contributed by atoms with Crippen LogP contribution in [0.15, 0.2) is 24.3 Å². The summed E-state index contributed by atoms with van der Waals surface area (Å²) in [5.41, 5.74) is 0.900. The van der Waals surface area contributed by atoms with Crippen LogP contribution >= 0.6 is 0 Å². The van der Waals surface area contributed by atoms with Crippen LogP contribution in [0, 0.1) is 6.92 Å². The highest BCUT2D eigenvalue weighted by Crippen LogP contribution is 2.24. The minimum absolute atomic E-state index is 0.116. The fourth-order valence-electron chi connectivity index (χ4n) is 2.82. The summed E-state index contributed by atoms with van der Waals surface area (Å²) in [6, 6.07) is 8.17. The smallest absolute Gasteiger partial charge is 0.256 e. The minimum Gasteiger partial charge on any atom is -0.379 e. The first kappa shape index (κ1) is 17.0. The van der Waals surface area contributed by atoms with Gasteiger partial charge in [0.25, 0.3) is 5.91 Å². The lowest BCUT2D eigenvalue weighted by Crippen LogP contribution is -2.59. The first-order valence-corrected chi connectivity index (χ1v) is 8.02. The van der Waals surface area contributed by atoms with E-state index in [9.17, 15) is 9.90 Å². The van der Waals surface area contributed by atoms with Gasteiger partial charge in [-0.05, 0) is 46.1 Å². The maximum Gasteiger partial charge on any atom is 0.256 e. The molecule has 122 valence electrons. The predicted octanol–water partition coefficient (Wildman–Crippen LogP) is 2.24. The van der Waals surface area contributed by atoms with Gasteiger partial charge in [0, 0.05) is 25.2 Å². The lowest BCUT2D eigenvalue weighted by Gasteiger charge is -2.39. The third-order valence-corrected chi connectivity index (χ3v) is 4.07. The summed E-state index contributed by atoms with van der Waals surface area (Å²) in [6.07, 6.45) is 1.36. The van der Waals surface area contributed by atoms with Crippen LogP contribution in [0.3, 0.4) is 0 Å². The van der Waals surface area contributed by atoms with Gasteiger partial charge in [-0.25, -0.2) is 0 Å². The SMILES string of the molecule is Cc1cccc(CN2CCC[C@](O)(CNC(C)(C)C)C2=O)c1. The largest absolute Gasteiger partial charge is 0.379 e. The highest BCUT2D eigenvalue weighted by atomic mass is 16.3. The molecule has 2 N–H and O–H groups in total. The summed E-state index contributed by atoms with van der Waals surface area (Å²) in [5.74, 6) is -0.156. The number of carbonyl (C=O) groups is 1. The number of likely N-dealkylation sites (tertiary alicyclic amines) is 1. The van der Waals surface area contributed by atoms with Crippen molar-refractivity contribution in [1.82, 2.24) is 10.2 Å². The molecule has 1 aromatic rings. The van der Waals surface area contributed by atoms with E-state index in [2.05, 4.69) is 11.4 Å². The number of aliphatic hydroxyl groups is 1. The molecule has 22 heavy (non-hydrogen) atoms. The lowest BCUT2D eigenvalue weighted by molar-refractivity contribution is -0.157. The average molecular weight is 304 g/mol. The summed E-state index contributed by atoms with van der Waals surface area (Å²) in [6.45, 7) is 9.74. The third kappa shape index (κ3) is 4.31. The zero-order chi connectivity index (χ0) is 16.4. The number of hydrogen-bond acceptors (Lipinski definition) is 3. The second-order valence-electron chi connectivity index (χ2n) is 7.45. The molecule has 0 bridgehead atoms. The minimum atomic E-state index is -1.28. The number of carbonyl (C=O) groups excluding carboxylic acids is 1. The fraction of sp³-hybridized carbons (Fsp3) is 0.611. The van der Waals surface area contributed by atoms with Crippen LogP contribution in [-0.4, -0.2) is 40.1 Å². The summed E-state index contributed by atoms with van der Waals surface area (Å²) in [4.78, 5) is 14.5. The Morgan fingerprint density at radius 2 is 2.09 bits per heavy atom. The van der Waals surface area contributed by atoms with Gasteiger partial charge in [0.15, 0.2) is 5.60 Å². The molecule has 4 heteroatoms. The van der Waals surface area contributed by atoms with E-state index in [1.807, 2.05) is 45.9 Å². The van der Waals surface area contributed by atoms with Gasteiger partial charge >= 0.3 is 0 Å². The van der Waals surface area contributed by atoms with E-state index in [4.69, 9.17) is 0 Å². The van der Waals surface area contributed by atoms with Gasteiger partial charge in [-0.3, -0.25) is 4.79 Å². The van der Waals surface area contributed by atoms with E-state index >= 15 is 0 Å². The number of amides is 1.